The fourth-order valence-electron chi connectivity index (χ4n) is 2.80. The summed E-state index contributed by atoms with van der Waals surface area (Å²) in [4.78, 5) is 24.6. The molecular weight excluding hydrogens is 408 g/mol. The van der Waals surface area contributed by atoms with Gasteiger partial charge < -0.3 is 18.9 Å². The Hall–Kier alpha value is -3.80. The summed E-state index contributed by atoms with van der Waals surface area (Å²) in [6.45, 7) is 3.02. The molecule has 32 heavy (non-hydrogen) atoms. The fraction of sp³-hybridized carbons (Fsp3) is 0.231. The number of unbranched alkanes of at least 4 members (excludes halogenated alkanes) is 1. The highest BCUT2D eigenvalue weighted by Crippen LogP contribution is 2.21. The van der Waals surface area contributed by atoms with Gasteiger partial charge in [0.25, 0.3) is 0 Å². The highest BCUT2D eigenvalue weighted by Gasteiger charge is 2.15. The number of benzene rings is 3. The number of para-hydroxylation sites is 2. The predicted octanol–water partition coefficient (Wildman–Crippen LogP) is 5.32. The lowest BCUT2D eigenvalue weighted by Crippen LogP contribution is -2.14. The molecule has 166 valence electrons. The summed E-state index contributed by atoms with van der Waals surface area (Å²) in [5.74, 6) is 0.532. The SMILES string of the molecule is CCCCOC(=O)c1ccc(OC(=O)c2ccccc2OCCOc2ccccc2)cc1. The van der Waals surface area contributed by atoms with Crippen molar-refractivity contribution in [3.8, 4) is 17.2 Å². The van der Waals surface area contributed by atoms with Gasteiger partial charge in [-0.2, -0.15) is 0 Å². The average Bonchev–Trinajstić information content (AvgIpc) is 2.83. The molecule has 3 aromatic carbocycles. The topological polar surface area (TPSA) is 71.1 Å². The molecule has 0 aliphatic rings. The van der Waals surface area contributed by atoms with Crippen LogP contribution in [0, 0.1) is 0 Å². The fourth-order valence-corrected chi connectivity index (χ4v) is 2.80. The first kappa shape index (κ1) is 22.9. The van der Waals surface area contributed by atoms with Crippen LogP contribution < -0.4 is 14.2 Å². The van der Waals surface area contributed by atoms with Crippen LogP contribution in [0.1, 0.15) is 40.5 Å². The normalized spacial score (nSPS) is 10.3. The third-order valence-corrected chi connectivity index (χ3v) is 4.49. The van der Waals surface area contributed by atoms with E-state index in [1.54, 1.807) is 48.5 Å². The van der Waals surface area contributed by atoms with Gasteiger partial charge in [0.2, 0.25) is 0 Å². The number of rotatable bonds is 11. The number of carbonyl (C=O) groups excluding carboxylic acids is 2. The Morgan fingerprint density at radius 1 is 0.688 bits per heavy atom. The second-order valence-corrected chi connectivity index (χ2v) is 6.91. The number of ether oxygens (including phenoxy) is 4. The van der Waals surface area contributed by atoms with Gasteiger partial charge in [0.1, 0.15) is 36.0 Å². The first-order chi connectivity index (χ1) is 15.7. The van der Waals surface area contributed by atoms with Crippen LogP contribution in [0.5, 0.6) is 17.2 Å². The standard InChI is InChI=1S/C26H26O6/c1-2-3-17-31-25(27)20-13-15-22(16-14-20)32-26(28)23-11-7-8-12-24(23)30-19-18-29-21-9-5-4-6-10-21/h4-16H,2-3,17-19H2,1H3. The molecule has 0 saturated heterocycles. The van der Waals surface area contributed by atoms with E-state index in [1.165, 1.54) is 0 Å². The third kappa shape index (κ3) is 6.87. The van der Waals surface area contributed by atoms with Crippen LogP contribution in [0.2, 0.25) is 0 Å². The van der Waals surface area contributed by atoms with Crippen molar-refractivity contribution in [3.63, 3.8) is 0 Å². The highest BCUT2D eigenvalue weighted by atomic mass is 16.5. The van der Waals surface area contributed by atoms with E-state index in [4.69, 9.17) is 18.9 Å². The van der Waals surface area contributed by atoms with Crippen molar-refractivity contribution in [2.24, 2.45) is 0 Å². The van der Waals surface area contributed by atoms with Gasteiger partial charge in [0.15, 0.2) is 0 Å². The van der Waals surface area contributed by atoms with Crippen molar-refractivity contribution in [2.75, 3.05) is 19.8 Å². The molecular formula is C26H26O6. The van der Waals surface area contributed by atoms with E-state index >= 15 is 0 Å². The van der Waals surface area contributed by atoms with Gasteiger partial charge in [-0.15, -0.1) is 0 Å². The minimum absolute atomic E-state index is 0.272. The van der Waals surface area contributed by atoms with E-state index in [0.717, 1.165) is 18.6 Å². The first-order valence-electron chi connectivity index (χ1n) is 10.6. The summed E-state index contributed by atoms with van der Waals surface area (Å²) in [7, 11) is 0. The van der Waals surface area contributed by atoms with Crippen LogP contribution in [-0.4, -0.2) is 31.8 Å². The van der Waals surface area contributed by atoms with E-state index in [0.29, 0.717) is 35.8 Å². The Kier molecular flexibility index (Phi) is 8.69. The smallest absolute Gasteiger partial charge is 0.347 e. The lowest BCUT2D eigenvalue weighted by molar-refractivity contribution is 0.0499. The maximum Gasteiger partial charge on any atom is 0.347 e. The molecule has 3 aromatic rings. The maximum absolute atomic E-state index is 12.7. The largest absolute Gasteiger partial charge is 0.490 e. The Labute approximate surface area is 187 Å². The van der Waals surface area contributed by atoms with E-state index in [2.05, 4.69) is 0 Å². The summed E-state index contributed by atoms with van der Waals surface area (Å²) >= 11 is 0. The molecule has 0 amide bonds. The van der Waals surface area contributed by atoms with Gasteiger partial charge in [0.05, 0.1) is 12.2 Å². The molecule has 6 nitrogen and oxygen atoms in total. The summed E-state index contributed by atoms with van der Waals surface area (Å²) < 4.78 is 22.0. The van der Waals surface area contributed by atoms with Crippen molar-refractivity contribution in [3.05, 3.63) is 90.0 Å². The molecule has 0 aliphatic heterocycles. The molecule has 0 aromatic heterocycles. The van der Waals surface area contributed by atoms with Crippen LogP contribution in [-0.2, 0) is 4.74 Å². The van der Waals surface area contributed by atoms with Crippen LogP contribution >= 0.6 is 0 Å². The summed E-state index contributed by atoms with van der Waals surface area (Å²) in [6, 6.07) is 22.5. The molecule has 6 heteroatoms. The van der Waals surface area contributed by atoms with Crippen molar-refractivity contribution in [1.29, 1.82) is 0 Å². The Balaban J connectivity index is 1.54. The maximum atomic E-state index is 12.7. The minimum atomic E-state index is -0.553. The van der Waals surface area contributed by atoms with Crippen LogP contribution in [0.15, 0.2) is 78.9 Å². The van der Waals surface area contributed by atoms with Crippen molar-refractivity contribution in [1.82, 2.24) is 0 Å². The van der Waals surface area contributed by atoms with Gasteiger partial charge in [-0.05, 0) is 55.0 Å². The summed E-state index contributed by atoms with van der Waals surface area (Å²) in [5, 5.41) is 0. The number of esters is 2. The molecule has 0 aliphatic carbocycles. The van der Waals surface area contributed by atoms with Crippen LogP contribution in [0.3, 0.4) is 0 Å². The van der Waals surface area contributed by atoms with Crippen molar-refractivity contribution in [2.45, 2.75) is 19.8 Å². The number of hydrogen-bond acceptors (Lipinski definition) is 6. The van der Waals surface area contributed by atoms with Gasteiger partial charge in [0, 0.05) is 0 Å². The quantitative estimate of drug-likeness (QED) is 0.231. The van der Waals surface area contributed by atoms with Gasteiger partial charge in [-0.1, -0.05) is 43.7 Å². The van der Waals surface area contributed by atoms with Crippen LogP contribution in [0.25, 0.3) is 0 Å². The second kappa shape index (κ2) is 12.2. The molecule has 0 radical (unpaired) electrons. The molecule has 0 spiro atoms. The molecule has 0 saturated carbocycles. The zero-order valence-electron chi connectivity index (χ0n) is 18.0. The van der Waals surface area contributed by atoms with E-state index < -0.39 is 11.9 Å². The summed E-state index contributed by atoms with van der Waals surface area (Å²) in [5.41, 5.74) is 0.707. The van der Waals surface area contributed by atoms with E-state index in [9.17, 15) is 9.59 Å². The van der Waals surface area contributed by atoms with E-state index in [1.807, 2.05) is 37.3 Å². The van der Waals surface area contributed by atoms with Crippen molar-refractivity contribution < 1.29 is 28.5 Å². The average molecular weight is 434 g/mol. The second-order valence-electron chi connectivity index (χ2n) is 6.91. The molecule has 3 rings (SSSR count). The van der Waals surface area contributed by atoms with E-state index in [-0.39, 0.29) is 6.61 Å². The monoisotopic (exact) mass is 434 g/mol. The summed E-state index contributed by atoms with van der Waals surface area (Å²) in [6.07, 6.45) is 1.77. The Bertz CT molecular complexity index is 998. The molecule has 0 heterocycles. The highest BCUT2D eigenvalue weighted by molar-refractivity contribution is 5.94. The first-order valence-corrected chi connectivity index (χ1v) is 10.6. The number of carbonyl (C=O) groups is 2. The number of hydrogen-bond donors (Lipinski definition) is 0. The molecule has 0 bridgehead atoms. The molecule has 0 atom stereocenters. The minimum Gasteiger partial charge on any atom is -0.490 e. The molecule has 0 fully saturated rings. The van der Waals surface area contributed by atoms with Gasteiger partial charge in [-0.25, -0.2) is 9.59 Å². The zero-order chi connectivity index (χ0) is 22.6. The van der Waals surface area contributed by atoms with Crippen LogP contribution in [0.4, 0.5) is 0 Å². The lowest BCUT2D eigenvalue weighted by Gasteiger charge is -2.12. The Morgan fingerprint density at radius 3 is 2.12 bits per heavy atom. The third-order valence-electron chi connectivity index (χ3n) is 4.49. The van der Waals surface area contributed by atoms with Gasteiger partial charge in [-0.3, -0.25) is 0 Å². The van der Waals surface area contributed by atoms with Crippen molar-refractivity contribution >= 4 is 11.9 Å². The molecule has 0 N–H and O–H groups in total. The Morgan fingerprint density at radius 2 is 1.38 bits per heavy atom. The van der Waals surface area contributed by atoms with Gasteiger partial charge >= 0.3 is 11.9 Å². The zero-order valence-corrected chi connectivity index (χ0v) is 18.0. The lowest BCUT2D eigenvalue weighted by atomic mass is 10.2. The predicted molar refractivity (Wildman–Crippen MR) is 120 cm³/mol. The molecule has 0 unspecified atom stereocenters.